The molecule has 1 fully saturated rings. The minimum absolute atomic E-state index is 0.128. The van der Waals surface area contributed by atoms with Crippen molar-refractivity contribution in [3.63, 3.8) is 0 Å². The predicted octanol–water partition coefficient (Wildman–Crippen LogP) is -1.12. The summed E-state index contributed by atoms with van der Waals surface area (Å²) in [5.74, 6) is -1.08. The number of carbonyl (C=O) groups is 2. The van der Waals surface area contributed by atoms with Gasteiger partial charge in [-0.1, -0.05) is 6.42 Å². The second-order valence-electron chi connectivity index (χ2n) is 5.89. The Morgan fingerprint density at radius 1 is 1.21 bits per heavy atom. The second-order valence-corrected chi connectivity index (χ2v) is 5.89. The van der Waals surface area contributed by atoms with E-state index in [1.54, 1.807) is 4.90 Å². The lowest BCUT2D eigenvalue weighted by Crippen LogP contribution is -2.49. The smallest absolute Gasteiger partial charge is 0.332 e. The van der Waals surface area contributed by atoms with E-state index < -0.39 is 29.0 Å². The molecule has 2 N–H and O–H groups in total. The number of rotatable bonds is 4. The molecule has 1 atom stereocenters. The molecule has 1 aliphatic heterocycles. The van der Waals surface area contributed by atoms with E-state index in [0.717, 1.165) is 22.0 Å². The van der Waals surface area contributed by atoms with Crippen LogP contribution in [0.2, 0.25) is 0 Å². The number of carbonyl (C=O) groups excluding carboxylic acids is 2. The third-order valence-corrected chi connectivity index (χ3v) is 4.42. The van der Waals surface area contributed by atoms with Gasteiger partial charge in [0.2, 0.25) is 0 Å². The SMILES string of the molecule is COC(=O)[C@@H]1CCCCN1CC(=O)c1c(N)n(C)c(=O)n(C)c1=O. The Bertz CT molecular complexity index is 779. The molecule has 9 nitrogen and oxygen atoms in total. The van der Waals surface area contributed by atoms with Gasteiger partial charge in [0, 0.05) is 14.1 Å². The molecule has 0 radical (unpaired) electrons. The highest BCUT2D eigenvalue weighted by molar-refractivity contribution is 6.01. The largest absolute Gasteiger partial charge is 0.468 e. The molecule has 0 amide bonds. The molecule has 0 saturated carbocycles. The lowest BCUT2D eigenvalue weighted by atomic mass is 10.0. The van der Waals surface area contributed by atoms with Crippen LogP contribution in [0, 0.1) is 0 Å². The van der Waals surface area contributed by atoms with Gasteiger partial charge >= 0.3 is 11.7 Å². The van der Waals surface area contributed by atoms with E-state index in [1.165, 1.54) is 21.2 Å². The maximum absolute atomic E-state index is 12.6. The zero-order valence-corrected chi connectivity index (χ0v) is 14.1. The summed E-state index contributed by atoms with van der Waals surface area (Å²) < 4.78 is 6.68. The molecule has 1 aliphatic rings. The average Bonchev–Trinajstić information content (AvgIpc) is 2.58. The molecule has 0 unspecified atom stereocenters. The van der Waals surface area contributed by atoms with Crippen molar-refractivity contribution in [3.05, 3.63) is 26.4 Å². The minimum atomic E-state index is -0.729. The molecule has 1 aromatic heterocycles. The third kappa shape index (κ3) is 3.12. The van der Waals surface area contributed by atoms with E-state index >= 15 is 0 Å². The zero-order valence-electron chi connectivity index (χ0n) is 14.1. The highest BCUT2D eigenvalue weighted by Crippen LogP contribution is 2.19. The highest BCUT2D eigenvalue weighted by Gasteiger charge is 2.32. The van der Waals surface area contributed by atoms with Crippen LogP contribution in [0.15, 0.2) is 9.59 Å². The number of aromatic nitrogens is 2. The van der Waals surface area contributed by atoms with Crippen LogP contribution in [0.4, 0.5) is 5.82 Å². The monoisotopic (exact) mass is 338 g/mol. The predicted molar refractivity (Wildman–Crippen MR) is 86.9 cm³/mol. The number of nitrogen functional groups attached to an aromatic ring is 1. The maximum Gasteiger partial charge on any atom is 0.332 e. The summed E-state index contributed by atoms with van der Waals surface area (Å²) in [6.45, 7) is 0.425. The van der Waals surface area contributed by atoms with Gasteiger partial charge < -0.3 is 10.5 Å². The number of esters is 1. The summed E-state index contributed by atoms with van der Waals surface area (Å²) in [4.78, 5) is 50.3. The number of anilines is 1. The summed E-state index contributed by atoms with van der Waals surface area (Å²) in [6, 6.07) is -0.509. The van der Waals surface area contributed by atoms with Crippen molar-refractivity contribution in [2.75, 3.05) is 25.9 Å². The van der Waals surface area contributed by atoms with Gasteiger partial charge in [0.15, 0.2) is 5.78 Å². The Labute approximate surface area is 138 Å². The fraction of sp³-hybridized carbons (Fsp3) is 0.600. The number of nitrogens with two attached hydrogens (primary N) is 1. The first-order valence-corrected chi connectivity index (χ1v) is 7.70. The van der Waals surface area contributed by atoms with Gasteiger partial charge in [0.05, 0.1) is 13.7 Å². The summed E-state index contributed by atoms with van der Waals surface area (Å²) in [5, 5.41) is 0. The lowest BCUT2D eigenvalue weighted by Gasteiger charge is -2.33. The van der Waals surface area contributed by atoms with Crippen LogP contribution < -0.4 is 17.0 Å². The molecule has 2 rings (SSSR count). The zero-order chi connectivity index (χ0) is 18.0. The topological polar surface area (TPSA) is 117 Å². The van der Waals surface area contributed by atoms with Crippen molar-refractivity contribution in [2.24, 2.45) is 14.1 Å². The number of nitrogens with zero attached hydrogens (tertiary/aromatic N) is 3. The average molecular weight is 338 g/mol. The first kappa shape index (κ1) is 17.9. The van der Waals surface area contributed by atoms with Crippen LogP contribution in [0.3, 0.4) is 0 Å². The van der Waals surface area contributed by atoms with Crippen molar-refractivity contribution < 1.29 is 14.3 Å². The number of ether oxygens (including phenoxy) is 1. The Kier molecular flexibility index (Phi) is 5.23. The highest BCUT2D eigenvalue weighted by atomic mass is 16.5. The third-order valence-electron chi connectivity index (χ3n) is 4.42. The maximum atomic E-state index is 12.6. The Morgan fingerprint density at radius 2 is 1.88 bits per heavy atom. The molecular weight excluding hydrogens is 316 g/mol. The molecule has 0 spiro atoms. The van der Waals surface area contributed by atoms with E-state index in [9.17, 15) is 19.2 Å². The number of likely N-dealkylation sites (tertiary alicyclic amines) is 1. The number of hydrogen-bond donors (Lipinski definition) is 1. The van der Waals surface area contributed by atoms with Crippen molar-refractivity contribution in [1.29, 1.82) is 0 Å². The fourth-order valence-corrected chi connectivity index (χ4v) is 2.97. The van der Waals surface area contributed by atoms with Crippen molar-refractivity contribution in [1.82, 2.24) is 14.0 Å². The van der Waals surface area contributed by atoms with Gasteiger partial charge in [-0.2, -0.15) is 0 Å². The Morgan fingerprint density at radius 3 is 2.50 bits per heavy atom. The Balaban J connectivity index is 2.35. The van der Waals surface area contributed by atoms with E-state index in [-0.39, 0.29) is 17.9 Å². The second kappa shape index (κ2) is 7.00. The minimum Gasteiger partial charge on any atom is -0.468 e. The van der Waals surface area contributed by atoms with Gasteiger partial charge in [-0.3, -0.25) is 28.4 Å². The number of piperidine rings is 1. The van der Waals surface area contributed by atoms with E-state index in [0.29, 0.717) is 13.0 Å². The van der Waals surface area contributed by atoms with E-state index in [4.69, 9.17) is 10.5 Å². The van der Waals surface area contributed by atoms with Gasteiger partial charge in [0.1, 0.15) is 17.4 Å². The molecule has 2 heterocycles. The summed E-state index contributed by atoms with van der Waals surface area (Å²) in [7, 11) is 3.99. The van der Waals surface area contributed by atoms with Crippen LogP contribution in [0.1, 0.15) is 29.6 Å². The molecule has 1 saturated heterocycles. The molecule has 0 bridgehead atoms. The summed E-state index contributed by atoms with van der Waals surface area (Å²) >= 11 is 0. The van der Waals surface area contributed by atoms with Crippen LogP contribution >= 0.6 is 0 Å². The molecular formula is C15H22N4O5. The lowest BCUT2D eigenvalue weighted by molar-refractivity contribution is -0.148. The summed E-state index contributed by atoms with van der Waals surface area (Å²) in [6.07, 6.45) is 2.32. The van der Waals surface area contributed by atoms with Crippen LogP contribution in [-0.4, -0.2) is 52.0 Å². The number of ketones is 1. The Hall–Kier alpha value is -2.42. The first-order valence-electron chi connectivity index (χ1n) is 7.70. The molecule has 132 valence electrons. The fourth-order valence-electron chi connectivity index (χ4n) is 2.97. The van der Waals surface area contributed by atoms with Gasteiger partial charge in [0.25, 0.3) is 5.56 Å². The van der Waals surface area contributed by atoms with E-state index in [2.05, 4.69) is 0 Å². The summed E-state index contributed by atoms with van der Waals surface area (Å²) in [5.41, 5.74) is 4.24. The van der Waals surface area contributed by atoms with Crippen molar-refractivity contribution >= 4 is 17.6 Å². The van der Waals surface area contributed by atoms with Crippen molar-refractivity contribution in [2.45, 2.75) is 25.3 Å². The molecule has 24 heavy (non-hydrogen) atoms. The van der Waals surface area contributed by atoms with Gasteiger partial charge in [-0.25, -0.2) is 4.79 Å². The standard InChI is InChI=1S/C15H22N4O5/c1-17-12(16)11(13(21)18(2)15(17)23)10(20)8-19-7-5-4-6-9(19)14(22)24-3/h9H,4-8,16H2,1-3H3/t9-/m0/s1. The number of methoxy groups -OCH3 is 1. The normalized spacial score (nSPS) is 18.4. The number of Topliss-reactive ketones (excluding diaryl/α,β-unsaturated/α-hetero) is 1. The van der Waals surface area contributed by atoms with Crippen LogP contribution in [-0.2, 0) is 23.6 Å². The van der Waals surface area contributed by atoms with Crippen molar-refractivity contribution in [3.8, 4) is 0 Å². The van der Waals surface area contributed by atoms with Gasteiger partial charge in [-0.15, -0.1) is 0 Å². The molecule has 1 aromatic rings. The quantitative estimate of drug-likeness (QED) is 0.546. The first-order chi connectivity index (χ1) is 11.3. The van der Waals surface area contributed by atoms with Crippen LogP contribution in [0.5, 0.6) is 0 Å². The molecule has 0 aromatic carbocycles. The number of hydrogen-bond acceptors (Lipinski definition) is 7. The van der Waals surface area contributed by atoms with Gasteiger partial charge in [-0.05, 0) is 19.4 Å². The molecule has 9 heteroatoms. The van der Waals surface area contributed by atoms with E-state index in [1.807, 2.05) is 0 Å². The van der Waals surface area contributed by atoms with Crippen LogP contribution in [0.25, 0.3) is 0 Å². The molecule has 0 aliphatic carbocycles.